The Kier molecular flexibility index (Phi) is 5.80. The lowest BCUT2D eigenvalue weighted by molar-refractivity contribution is 0.0600. The molecule has 0 N–H and O–H groups in total. The van der Waals surface area contributed by atoms with Crippen LogP contribution in [0.25, 0.3) is 28.1 Å². The van der Waals surface area contributed by atoms with Crippen LogP contribution in [0.1, 0.15) is 73.1 Å². The van der Waals surface area contributed by atoms with E-state index >= 15 is 0 Å². The van der Waals surface area contributed by atoms with E-state index in [-0.39, 0.29) is 16.8 Å². The molecule has 0 saturated carbocycles. The topological polar surface area (TPSA) is 44.1 Å². The maximum atomic E-state index is 12.0. The van der Waals surface area contributed by atoms with Crippen LogP contribution in [0.5, 0.6) is 0 Å². The van der Waals surface area contributed by atoms with Crippen molar-refractivity contribution in [3.05, 3.63) is 93.9 Å². The molecule has 0 atom stereocenters. The fourth-order valence-corrected chi connectivity index (χ4v) is 6.52. The highest BCUT2D eigenvalue weighted by molar-refractivity contribution is 6.32. The normalized spacial score (nSPS) is 16.8. The second-order valence-electron chi connectivity index (χ2n) is 12.0. The Morgan fingerprint density at radius 2 is 1.63 bits per heavy atom. The summed E-state index contributed by atoms with van der Waals surface area (Å²) in [7, 11) is 1.41. The van der Waals surface area contributed by atoms with E-state index in [9.17, 15) is 4.79 Å². The summed E-state index contributed by atoms with van der Waals surface area (Å²) in [6.45, 7) is 9.52. The molecule has 38 heavy (non-hydrogen) atoms. The number of benzene rings is 2. The van der Waals surface area contributed by atoms with Gasteiger partial charge in [-0.1, -0.05) is 57.5 Å². The summed E-state index contributed by atoms with van der Waals surface area (Å²) in [6.07, 6.45) is 10.0. The summed E-state index contributed by atoms with van der Waals surface area (Å²) in [5.74, 6) is -0.331. The van der Waals surface area contributed by atoms with Gasteiger partial charge in [0.1, 0.15) is 0 Å². The zero-order chi connectivity index (χ0) is 26.8. The van der Waals surface area contributed by atoms with Crippen molar-refractivity contribution in [1.29, 1.82) is 0 Å². The summed E-state index contributed by atoms with van der Waals surface area (Å²) < 4.78 is 7.12. The van der Waals surface area contributed by atoms with Gasteiger partial charge in [0.05, 0.1) is 35.3 Å². The van der Waals surface area contributed by atoms with E-state index in [1.165, 1.54) is 53.5 Å². The minimum atomic E-state index is -0.331. The molecule has 0 bridgehead atoms. The van der Waals surface area contributed by atoms with Gasteiger partial charge in [0.25, 0.3) is 0 Å². The Hall–Kier alpha value is -3.37. The van der Waals surface area contributed by atoms with E-state index in [0.717, 1.165) is 29.7 Å². The first-order valence-corrected chi connectivity index (χ1v) is 13.7. The van der Waals surface area contributed by atoms with Crippen molar-refractivity contribution in [2.45, 2.75) is 64.2 Å². The Morgan fingerprint density at radius 1 is 0.947 bits per heavy atom. The van der Waals surface area contributed by atoms with E-state index in [4.69, 9.17) is 16.3 Å². The van der Waals surface area contributed by atoms with Crippen molar-refractivity contribution < 1.29 is 9.53 Å². The number of carbonyl (C=O) groups is 1. The van der Waals surface area contributed by atoms with E-state index in [0.29, 0.717) is 10.6 Å². The van der Waals surface area contributed by atoms with Crippen LogP contribution in [0.3, 0.4) is 0 Å². The molecule has 0 spiro atoms. The number of rotatable bonds is 3. The molecule has 0 fully saturated rings. The molecule has 0 radical (unpaired) electrons. The first-order chi connectivity index (χ1) is 18.1. The number of nitrogens with zero attached hydrogens (tertiary/aromatic N) is 2. The molecule has 0 amide bonds. The Labute approximate surface area is 229 Å². The molecule has 2 aliphatic rings. The average molecular weight is 525 g/mol. The van der Waals surface area contributed by atoms with Crippen LogP contribution in [0.2, 0.25) is 5.02 Å². The van der Waals surface area contributed by atoms with Gasteiger partial charge in [-0.2, -0.15) is 0 Å². The number of aromatic nitrogens is 2. The highest BCUT2D eigenvalue weighted by atomic mass is 35.5. The second kappa shape index (κ2) is 8.84. The summed E-state index contributed by atoms with van der Waals surface area (Å²) in [4.78, 5) is 16.4. The van der Waals surface area contributed by atoms with Crippen LogP contribution in [0.15, 0.2) is 61.1 Å². The lowest BCUT2D eigenvalue weighted by Crippen LogP contribution is -2.34. The van der Waals surface area contributed by atoms with Crippen molar-refractivity contribution in [1.82, 2.24) is 9.55 Å². The lowest BCUT2D eigenvalue weighted by atomic mass is 9.62. The average Bonchev–Trinajstić information content (AvgIpc) is 3.30. The molecular formula is C33H33ClN2O2. The van der Waals surface area contributed by atoms with Crippen molar-refractivity contribution >= 4 is 17.6 Å². The molecule has 5 heteroatoms. The molecule has 2 heterocycles. The Balaban J connectivity index is 1.60. The zero-order valence-electron chi connectivity index (χ0n) is 22.7. The number of methoxy groups -OCH3 is 1. The van der Waals surface area contributed by atoms with Gasteiger partial charge in [-0.3, -0.25) is 4.98 Å². The van der Waals surface area contributed by atoms with Gasteiger partial charge in [0, 0.05) is 23.5 Å². The van der Waals surface area contributed by atoms with Gasteiger partial charge in [-0.05, 0) is 88.6 Å². The fourth-order valence-electron chi connectivity index (χ4n) is 6.32. The minimum Gasteiger partial charge on any atom is -0.465 e. The maximum absolute atomic E-state index is 12.0. The van der Waals surface area contributed by atoms with E-state index in [1.54, 1.807) is 6.20 Å². The number of esters is 1. The smallest absolute Gasteiger partial charge is 0.337 e. The maximum Gasteiger partial charge on any atom is 0.337 e. The molecule has 194 valence electrons. The number of carbonyl (C=O) groups excluding carboxylic acids is 1. The standard InChI is InChI=1S/C33H33ClN2O2/c1-32(2)13-14-33(3,4)27-17-24-22(16-26(27)32)10-11-23-25(20-6-8-21(9-7-20)31(37)38-5)19-36(30(23)24)29-18-35-15-12-28(29)34/h6-9,12,15-19H,10-11,13-14H2,1-5H3. The molecule has 2 aromatic heterocycles. The number of halogens is 1. The van der Waals surface area contributed by atoms with Crippen molar-refractivity contribution in [3.63, 3.8) is 0 Å². The van der Waals surface area contributed by atoms with Crippen molar-refractivity contribution in [2.75, 3.05) is 7.11 Å². The first-order valence-electron chi connectivity index (χ1n) is 13.3. The molecular weight excluding hydrogens is 492 g/mol. The number of pyridine rings is 1. The molecule has 0 unspecified atom stereocenters. The fraction of sp³-hybridized carbons (Fsp3) is 0.333. The molecule has 4 nitrogen and oxygen atoms in total. The predicted octanol–water partition coefficient (Wildman–Crippen LogP) is 8.09. The highest BCUT2D eigenvalue weighted by Gasteiger charge is 2.39. The van der Waals surface area contributed by atoms with Crippen LogP contribution < -0.4 is 0 Å². The van der Waals surface area contributed by atoms with Crippen LogP contribution in [-0.4, -0.2) is 22.6 Å². The lowest BCUT2D eigenvalue weighted by Gasteiger charge is -2.43. The largest absolute Gasteiger partial charge is 0.465 e. The van der Waals surface area contributed by atoms with Gasteiger partial charge in [0.2, 0.25) is 0 Å². The highest BCUT2D eigenvalue weighted by Crippen LogP contribution is 2.50. The molecule has 0 aliphatic heterocycles. The third kappa shape index (κ3) is 3.89. The Morgan fingerprint density at radius 3 is 2.29 bits per heavy atom. The van der Waals surface area contributed by atoms with Crippen LogP contribution in [-0.2, 0) is 28.4 Å². The summed E-state index contributed by atoms with van der Waals surface area (Å²) in [6, 6.07) is 14.5. The van der Waals surface area contributed by atoms with Crippen LogP contribution in [0.4, 0.5) is 0 Å². The third-order valence-electron chi connectivity index (χ3n) is 8.71. The van der Waals surface area contributed by atoms with Gasteiger partial charge >= 0.3 is 5.97 Å². The van der Waals surface area contributed by atoms with Gasteiger partial charge in [0.15, 0.2) is 0 Å². The number of hydrogen-bond acceptors (Lipinski definition) is 3. The van der Waals surface area contributed by atoms with Crippen LogP contribution in [0, 0.1) is 0 Å². The number of aryl methyl sites for hydroxylation is 1. The molecule has 2 aliphatic carbocycles. The molecule has 2 aromatic carbocycles. The van der Waals surface area contributed by atoms with Gasteiger partial charge < -0.3 is 9.30 Å². The summed E-state index contributed by atoms with van der Waals surface area (Å²) >= 11 is 6.74. The van der Waals surface area contributed by atoms with Crippen LogP contribution >= 0.6 is 11.6 Å². The second-order valence-corrected chi connectivity index (χ2v) is 12.4. The van der Waals surface area contributed by atoms with E-state index in [1.807, 2.05) is 36.5 Å². The summed E-state index contributed by atoms with van der Waals surface area (Å²) in [5.41, 5.74) is 12.0. The predicted molar refractivity (Wildman–Crippen MR) is 153 cm³/mol. The molecule has 0 saturated heterocycles. The third-order valence-corrected chi connectivity index (χ3v) is 9.03. The SMILES string of the molecule is COC(=O)c1ccc(-c2cn(-c3cnccc3Cl)c3c2CCc2cc4c(cc2-3)C(C)(C)CCC4(C)C)cc1. The number of hydrogen-bond donors (Lipinski definition) is 0. The van der Waals surface area contributed by atoms with Crippen molar-refractivity contribution in [2.24, 2.45) is 0 Å². The molecule has 6 rings (SSSR count). The van der Waals surface area contributed by atoms with Gasteiger partial charge in [-0.25, -0.2) is 4.79 Å². The number of fused-ring (bicyclic) bond motifs is 4. The van der Waals surface area contributed by atoms with E-state index < -0.39 is 0 Å². The Bertz CT molecular complexity index is 1580. The van der Waals surface area contributed by atoms with Gasteiger partial charge in [-0.15, -0.1) is 0 Å². The summed E-state index contributed by atoms with van der Waals surface area (Å²) in [5, 5.41) is 0.664. The van der Waals surface area contributed by atoms with E-state index in [2.05, 4.69) is 55.6 Å². The monoisotopic (exact) mass is 524 g/mol. The van der Waals surface area contributed by atoms with Crippen molar-refractivity contribution in [3.8, 4) is 28.1 Å². The zero-order valence-corrected chi connectivity index (χ0v) is 23.4. The minimum absolute atomic E-state index is 0.118. The number of ether oxygens (including phenoxy) is 1. The quantitative estimate of drug-likeness (QED) is 0.254. The first kappa shape index (κ1) is 24.9. The molecule has 4 aromatic rings.